The maximum Gasteiger partial charge on any atom is 0.355 e. The van der Waals surface area contributed by atoms with E-state index in [1.165, 1.54) is 11.3 Å². The quantitative estimate of drug-likeness (QED) is 0.0815. The van der Waals surface area contributed by atoms with E-state index in [4.69, 9.17) is 20.0 Å². The van der Waals surface area contributed by atoms with Crippen LogP contribution in [0.25, 0.3) is 21.3 Å². The Hall–Kier alpha value is -4.74. The first-order valence-corrected chi connectivity index (χ1v) is 22.5. The van der Waals surface area contributed by atoms with Crippen molar-refractivity contribution in [3.8, 4) is 11.1 Å². The molecule has 4 unspecified atom stereocenters. The minimum atomic E-state index is -3.51. The molecule has 7 rings (SSSR count). The number of aromatic nitrogens is 4. The van der Waals surface area contributed by atoms with Gasteiger partial charge in [0.15, 0.2) is 10.8 Å². The summed E-state index contributed by atoms with van der Waals surface area (Å²) < 4.78 is 31.8. The summed E-state index contributed by atoms with van der Waals surface area (Å²) in [7, 11) is -3.51. The van der Waals surface area contributed by atoms with Gasteiger partial charge in [0, 0.05) is 55.1 Å². The molecule has 1 aliphatic heterocycles. The molecular weight excluding hydrogens is 801 g/mol. The van der Waals surface area contributed by atoms with E-state index in [9.17, 15) is 23.1 Å². The van der Waals surface area contributed by atoms with Gasteiger partial charge in [0.2, 0.25) is 10.0 Å². The van der Waals surface area contributed by atoms with E-state index in [0.29, 0.717) is 79.0 Å². The van der Waals surface area contributed by atoms with Gasteiger partial charge in [0.1, 0.15) is 5.82 Å². The second-order valence-electron chi connectivity index (χ2n) is 15.9. The highest BCUT2D eigenvalue weighted by Gasteiger charge is 2.29. The highest BCUT2D eigenvalue weighted by molar-refractivity contribution is 7.89. The molecule has 0 saturated heterocycles. The van der Waals surface area contributed by atoms with E-state index < -0.39 is 16.0 Å². The second-order valence-corrected chi connectivity index (χ2v) is 18.6. The lowest BCUT2D eigenvalue weighted by Gasteiger charge is -2.32. The topological polar surface area (TPSA) is 195 Å². The monoisotopic (exact) mass is 860 g/mol. The van der Waals surface area contributed by atoms with Crippen molar-refractivity contribution in [1.82, 2.24) is 25.1 Å². The zero-order chi connectivity index (χ0) is 41.0. The van der Waals surface area contributed by atoms with Crippen LogP contribution in [0.1, 0.15) is 92.1 Å². The number of amides is 1. The average Bonchev–Trinajstić information content (AvgIpc) is 3.76. The van der Waals surface area contributed by atoms with Gasteiger partial charge in [-0.3, -0.25) is 14.8 Å². The predicted octanol–water partition coefficient (Wildman–Crippen LogP) is 7.37. The second kappa shape index (κ2) is 20.2. The Kier molecular flexibility index (Phi) is 15.6. The number of thiazole rings is 1. The Balaban J connectivity index is 0.00000341. The van der Waals surface area contributed by atoms with E-state index in [1.54, 1.807) is 6.20 Å². The van der Waals surface area contributed by atoms with Gasteiger partial charge < -0.3 is 20.1 Å². The molecule has 1 aliphatic carbocycles. The summed E-state index contributed by atoms with van der Waals surface area (Å²) in [6.07, 6.45) is 6.41. The number of hydrogen-bond acceptors (Lipinski definition) is 11. The number of aromatic carboxylic acids is 1. The maximum absolute atomic E-state index is 13.6. The van der Waals surface area contributed by atoms with Crippen molar-refractivity contribution in [2.75, 3.05) is 42.2 Å². The van der Waals surface area contributed by atoms with Crippen LogP contribution in [-0.4, -0.2) is 83.2 Å². The Morgan fingerprint density at radius 2 is 1.75 bits per heavy atom. The van der Waals surface area contributed by atoms with Gasteiger partial charge in [-0.15, -0.1) is 0 Å². The van der Waals surface area contributed by atoms with Crippen molar-refractivity contribution in [2.45, 2.75) is 86.9 Å². The summed E-state index contributed by atoms with van der Waals surface area (Å²) >= 11 is 1.43. The van der Waals surface area contributed by atoms with Gasteiger partial charge in [0.05, 0.1) is 34.9 Å². The zero-order valence-electron chi connectivity index (χ0n) is 33.2. The summed E-state index contributed by atoms with van der Waals surface area (Å²) in [6.45, 7) is 9.54. The van der Waals surface area contributed by atoms with Crippen molar-refractivity contribution < 1.29 is 27.9 Å². The number of anilines is 2. The van der Waals surface area contributed by atoms with Crippen LogP contribution in [-0.2, 0) is 34.3 Å². The van der Waals surface area contributed by atoms with Crippen LogP contribution in [0, 0.1) is 24.7 Å². The molecule has 16 heteroatoms. The largest absolute Gasteiger partial charge is 0.476 e. The summed E-state index contributed by atoms with van der Waals surface area (Å²) in [5.41, 5.74) is 5.39. The number of para-hydroxylation sites is 1. The number of carboxylic acids is 1. The number of nitrogens with two attached hydrogens (primary N) is 1. The van der Waals surface area contributed by atoms with E-state index >= 15 is 0 Å². The Labute approximate surface area is 358 Å². The summed E-state index contributed by atoms with van der Waals surface area (Å²) in [6, 6.07) is 17.2. The molecule has 1 saturated carbocycles. The molecule has 0 radical (unpaired) electrons. The first kappa shape index (κ1) is 46.3. The number of rotatable bonds is 14. The number of hydrogen-bond donors (Lipinski definition) is 4. The highest BCUT2D eigenvalue weighted by atomic mass is 32.2. The lowest BCUT2D eigenvalue weighted by atomic mass is 9.80. The minimum absolute atomic E-state index is 0. The van der Waals surface area contributed by atoms with Crippen LogP contribution >= 0.6 is 11.3 Å². The SMILES string of the molecule is C.C.Cc1c(-c2ccc(N3CCc4cccc(C(=O)Nc5nc6ccccc6s5)c4C3)nc2C(=O)O)cnn1CC1CC(C)CC(C)CC(OCCNCCS(N)(=O)=O)C1. The molecule has 4 heterocycles. The third-order valence-electron chi connectivity index (χ3n) is 11.3. The highest BCUT2D eigenvalue weighted by Crippen LogP contribution is 2.35. The summed E-state index contributed by atoms with van der Waals surface area (Å²) in [4.78, 5) is 37.7. The first-order chi connectivity index (χ1) is 27.8. The molecule has 1 fully saturated rings. The number of benzene rings is 2. The zero-order valence-corrected chi connectivity index (χ0v) is 34.8. The molecule has 5 N–H and O–H groups in total. The maximum atomic E-state index is 13.6. The number of carbonyl (C=O) groups excluding carboxylic acids is 1. The summed E-state index contributed by atoms with van der Waals surface area (Å²) in [5, 5.41) is 26.9. The number of nitrogens with one attached hydrogen (secondary N) is 2. The Morgan fingerprint density at radius 3 is 2.52 bits per heavy atom. The number of carboxylic acid groups (broad SMARTS) is 1. The van der Waals surface area contributed by atoms with Gasteiger partial charge in [-0.1, -0.05) is 64.3 Å². The van der Waals surface area contributed by atoms with Crippen LogP contribution in [0.2, 0.25) is 0 Å². The normalized spacial score (nSPS) is 19.4. The molecule has 60 heavy (non-hydrogen) atoms. The number of fused-ring (bicyclic) bond motifs is 2. The molecule has 5 aromatic rings. The standard InChI is InChI=1S/C42H52N8O6S2.2CH4/c1-26-19-27(2)21-31(56-17-14-44-15-18-58(43,54)55)22-29(20-26)24-50-28(3)34(23-45-50)32-11-12-38(47-39(32)41(52)53)49-16-13-30-7-6-8-33(35(30)25-49)40(51)48-42-46-36-9-4-5-10-37(36)57-42;;/h4-12,23,26-27,29,31,44H,13-22,24-25H2,1-3H3,(H,52,53)(H2,43,54,55)(H,46,48,51);2*1H4. The average molecular weight is 861 g/mol. The van der Waals surface area contributed by atoms with Gasteiger partial charge >= 0.3 is 5.97 Å². The van der Waals surface area contributed by atoms with E-state index in [1.807, 2.05) is 71.1 Å². The smallest absolute Gasteiger partial charge is 0.355 e. The fourth-order valence-corrected chi connectivity index (χ4v) is 9.90. The molecule has 2 aromatic carbocycles. The van der Waals surface area contributed by atoms with Crippen LogP contribution in [0.4, 0.5) is 10.9 Å². The molecule has 4 atom stereocenters. The number of sulfonamides is 1. The van der Waals surface area contributed by atoms with Gasteiger partial charge in [-0.25, -0.2) is 28.3 Å². The minimum Gasteiger partial charge on any atom is -0.476 e. The van der Waals surface area contributed by atoms with Crippen molar-refractivity contribution in [3.63, 3.8) is 0 Å². The summed E-state index contributed by atoms with van der Waals surface area (Å²) in [5.74, 6) is 0.410. The van der Waals surface area contributed by atoms with Crippen LogP contribution < -0.4 is 20.7 Å². The van der Waals surface area contributed by atoms with E-state index in [0.717, 1.165) is 58.3 Å². The van der Waals surface area contributed by atoms with E-state index in [2.05, 4.69) is 29.5 Å². The third kappa shape index (κ3) is 11.3. The fourth-order valence-electron chi connectivity index (χ4n) is 8.61. The number of primary sulfonamides is 1. The molecule has 324 valence electrons. The van der Waals surface area contributed by atoms with Gasteiger partial charge in [0.25, 0.3) is 5.91 Å². The number of ether oxygens (including phenoxy) is 1. The lowest BCUT2D eigenvalue weighted by Crippen LogP contribution is -2.33. The third-order valence-corrected chi connectivity index (χ3v) is 13.0. The predicted molar refractivity (Wildman–Crippen MR) is 240 cm³/mol. The molecular formula is C44H60N8O6S2. The molecule has 3 aromatic heterocycles. The molecule has 0 spiro atoms. The number of pyridine rings is 1. The number of carbonyl (C=O) groups is 2. The Morgan fingerprint density at radius 1 is 0.967 bits per heavy atom. The van der Waals surface area contributed by atoms with Crippen LogP contribution in [0.15, 0.2) is 60.8 Å². The molecule has 14 nitrogen and oxygen atoms in total. The number of nitrogens with zero attached hydrogens (tertiary/aromatic N) is 5. The van der Waals surface area contributed by atoms with Gasteiger partial charge in [-0.2, -0.15) is 5.10 Å². The first-order valence-electron chi connectivity index (χ1n) is 19.9. The van der Waals surface area contributed by atoms with E-state index in [-0.39, 0.29) is 44.9 Å². The molecule has 0 bridgehead atoms. The van der Waals surface area contributed by atoms with Crippen molar-refractivity contribution in [3.05, 3.63) is 88.9 Å². The lowest BCUT2D eigenvalue weighted by molar-refractivity contribution is 0.00833. The molecule has 1 amide bonds. The van der Waals surface area contributed by atoms with Crippen molar-refractivity contribution in [1.29, 1.82) is 0 Å². The van der Waals surface area contributed by atoms with Crippen LogP contribution in [0.5, 0.6) is 0 Å². The molecule has 2 aliphatic rings. The van der Waals surface area contributed by atoms with Crippen molar-refractivity contribution >= 4 is 54.4 Å². The van der Waals surface area contributed by atoms with Gasteiger partial charge in [-0.05, 0) is 98.2 Å². The van der Waals surface area contributed by atoms with Crippen LogP contribution in [0.3, 0.4) is 0 Å². The fraction of sp³-hybridized carbons (Fsp3) is 0.477. The Bertz CT molecular complexity index is 2350. The van der Waals surface area contributed by atoms with Crippen molar-refractivity contribution in [2.24, 2.45) is 22.9 Å².